The van der Waals surface area contributed by atoms with Gasteiger partial charge in [0.05, 0.1) is 6.61 Å². The van der Waals surface area contributed by atoms with Gasteiger partial charge in [-0.1, -0.05) is 153 Å². The van der Waals surface area contributed by atoms with E-state index in [-0.39, 0.29) is 21.7 Å². The molecule has 2 aromatic rings. The van der Waals surface area contributed by atoms with Crippen LogP contribution in [0.2, 0.25) is 0 Å². The Balaban J connectivity index is 2.38. The van der Waals surface area contributed by atoms with E-state index < -0.39 is 8.60 Å². The lowest BCUT2D eigenvalue weighted by molar-refractivity contribution is 0.255. The Bertz CT molecular complexity index is 1000. The van der Waals surface area contributed by atoms with E-state index in [4.69, 9.17) is 13.6 Å². The molecule has 0 bridgehead atoms. The molecule has 0 aliphatic heterocycles. The molecule has 0 heterocycles. The average Bonchev–Trinajstić information content (AvgIpc) is 2.83. The molecule has 0 aliphatic carbocycles. The molecule has 0 saturated heterocycles. The normalized spacial score (nSPS) is 13.1. The smallest absolute Gasteiger partial charge is 0.417 e. The van der Waals surface area contributed by atoms with Crippen LogP contribution in [-0.2, 0) is 26.2 Å². The predicted molar refractivity (Wildman–Crippen MR) is 180 cm³/mol. The SMILES string of the molecule is CCCCCCCCCOP(Oc1ccc(C(C)(C)C)cc1C(C)(C)C)Oc1ccc(C(C)(C)C)cc1C(C)(C)C. The first kappa shape index (κ1) is 35.6. The quantitative estimate of drug-likeness (QED) is 0.173. The topological polar surface area (TPSA) is 27.7 Å². The Morgan fingerprint density at radius 3 is 1.27 bits per heavy atom. The Hall–Kier alpha value is -1.57. The van der Waals surface area contributed by atoms with Gasteiger partial charge in [-0.25, -0.2) is 0 Å². The van der Waals surface area contributed by atoms with Crippen molar-refractivity contribution in [2.75, 3.05) is 6.61 Å². The van der Waals surface area contributed by atoms with Crippen LogP contribution in [0.4, 0.5) is 0 Å². The zero-order chi connectivity index (χ0) is 31.1. The van der Waals surface area contributed by atoms with E-state index in [1.807, 2.05) is 0 Å². The third-order valence-corrected chi connectivity index (χ3v) is 8.68. The van der Waals surface area contributed by atoms with Crippen LogP contribution in [0.25, 0.3) is 0 Å². The molecule has 0 unspecified atom stereocenters. The molecule has 0 atom stereocenters. The Kier molecular flexibility index (Phi) is 12.8. The average molecular weight is 585 g/mol. The number of unbranched alkanes of at least 4 members (excludes halogenated alkanes) is 6. The second-order valence-electron chi connectivity index (χ2n) is 15.8. The highest BCUT2D eigenvalue weighted by Gasteiger charge is 2.29. The Morgan fingerprint density at radius 1 is 0.512 bits per heavy atom. The summed E-state index contributed by atoms with van der Waals surface area (Å²) in [4.78, 5) is 0. The minimum absolute atomic E-state index is 0.0593. The molecule has 2 rings (SSSR count). The van der Waals surface area contributed by atoms with E-state index >= 15 is 0 Å². The molecule has 2 aromatic carbocycles. The maximum absolute atomic E-state index is 6.69. The van der Waals surface area contributed by atoms with Gasteiger partial charge >= 0.3 is 8.60 Å². The van der Waals surface area contributed by atoms with Crippen LogP contribution in [0.3, 0.4) is 0 Å². The van der Waals surface area contributed by atoms with Crippen molar-refractivity contribution in [3.05, 3.63) is 58.7 Å². The first-order chi connectivity index (χ1) is 18.8. The summed E-state index contributed by atoms with van der Waals surface area (Å²) in [7, 11) is -1.65. The molecule has 0 saturated carbocycles. The van der Waals surface area contributed by atoms with Gasteiger partial charge in [-0.15, -0.1) is 0 Å². The molecule has 0 aliphatic rings. The number of hydrogen-bond donors (Lipinski definition) is 0. The highest BCUT2D eigenvalue weighted by Crippen LogP contribution is 2.48. The molecule has 0 N–H and O–H groups in total. The third kappa shape index (κ3) is 11.6. The van der Waals surface area contributed by atoms with E-state index in [0.717, 1.165) is 17.9 Å². The van der Waals surface area contributed by atoms with Gasteiger partial charge in [0.2, 0.25) is 0 Å². The largest absolute Gasteiger partial charge is 0.463 e. The molecule has 0 aromatic heterocycles. The minimum atomic E-state index is -1.65. The molecule has 232 valence electrons. The van der Waals surface area contributed by atoms with Crippen molar-refractivity contribution in [2.45, 2.75) is 157 Å². The van der Waals surface area contributed by atoms with Crippen molar-refractivity contribution in [1.29, 1.82) is 0 Å². The van der Waals surface area contributed by atoms with Crippen LogP contribution in [-0.4, -0.2) is 6.61 Å². The van der Waals surface area contributed by atoms with Crippen LogP contribution >= 0.6 is 8.60 Å². The molecular weight excluding hydrogens is 523 g/mol. The number of hydrogen-bond acceptors (Lipinski definition) is 3. The van der Waals surface area contributed by atoms with Crippen LogP contribution < -0.4 is 9.05 Å². The highest BCUT2D eigenvalue weighted by molar-refractivity contribution is 7.42. The molecule has 0 fully saturated rings. The lowest BCUT2D eigenvalue weighted by Crippen LogP contribution is -2.18. The molecule has 0 spiro atoms. The highest BCUT2D eigenvalue weighted by atomic mass is 31.2. The second kappa shape index (κ2) is 14.7. The molecule has 0 radical (unpaired) electrons. The summed E-state index contributed by atoms with van der Waals surface area (Å²) in [6.07, 6.45) is 8.69. The summed E-state index contributed by atoms with van der Waals surface area (Å²) >= 11 is 0. The van der Waals surface area contributed by atoms with Gasteiger partial charge in [-0.2, -0.15) is 0 Å². The zero-order valence-electron chi connectivity index (χ0n) is 28.8. The van der Waals surface area contributed by atoms with Crippen molar-refractivity contribution in [2.24, 2.45) is 0 Å². The van der Waals surface area contributed by atoms with Gasteiger partial charge in [-0.3, -0.25) is 4.52 Å². The Morgan fingerprint density at radius 2 is 0.902 bits per heavy atom. The van der Waals surface area contributed by atoms with Gasteiger partial charge in [0.1, 0.15) is 11.5 Å². The second-order valence-corrected chi connectivity index (χ2v) is 16.9. The zero-order valence-corrected chi connectivity index (χ0v) is 29.7. The first-order valence-electron chi connectivity index (χ1n) is 15.9. The van der Waals surface area contributed by atoms with Crippen LogP contribution in [0.15, 0.2) is 36.4 Å². The summed E-state index contributed by atoms with van der Waals surface area (Å²) in [5, 5.41) is 0. The van der Waals surface area contributed by atoms with E-state index in [1.165, 1.54) is 60.8 Å². The summed E-state index contributed by atoms with van der Waals surface area (Å²) in [6, 6.07) is 13.2. The number of rotatable bonds is 13. The predicted octanol–water partition coefficient (Wildman–Crippen LogP) is 12.3. The molecule has 41 heavy (non-hydrogen) atoms. The van der Waals surface area contributed by atoms with Gasteiger partial charge in [0.15, 0.2) is 0 Å². The van der Waals surface area contributed by atoms with Gasteiger partial charge < -0.3 is 9.05 Å². The fraction of sp³-hybridized carbons (Fsp3) is 0.676. The minimum Gasteiger partial charge on any atom is -0.417 e. The van der Waals surface area contributed by atoms with E-state index in [1.54, 1.807) is 0 Å². The van der Waals surface area contributed by atoms with Crippen molar-refractivity contribution in [1.82, 2.24) is 0 Å². The van der Waals surface area contributed by atoms with Crippen molar-refractivity contribution in [3.8, 4) is 11.5 Å². The van der Waals surface area contributed by atoms with E-state index in [2.05, 4.69) is 126 Å². The van der Waals surface area contributed by atoms with E-state index in [9.17, 15) is 0 Å². The van der Waals surface area contributed by atoms with Crippen LogP contribution in [0.1, 0.15) is 157 Å². The monoisotopic (exact) mass is 584 g/mol. The summed E-state index contributed by atoms with van der Waals surface area (Å²) < 4.78 is 19.8. The fourth-order valence-corrected chi connectivity index (χ4v) is 5.82. The van der Waals surface area contributed by atoms with Gasteiger partial charge in [-0.05, 0) is 51.3 Å². The molecule has 0 amide bonds. The maximum Gasteiger partial charge on any atom is 0.463 e. The van der Waals surface area contributed by atoms with Gasteiger partial charge in [0.25, 0.3) is 0 Å². The maximum atomic E-state index is 6.69. The van der Waals surface area contributed by atoms with Crippen molar-refractivity contribution >= 4 is 8.60 Å². The van der Waals surface area contributed by atoms with Crippen LogP contribution in [0, 0.1) is 0 Å². The van der Waals surface area contributed by atoms with Crippen LogP contribution in [0.5, 0.6) is 11.5 Å². The lowest BCUT2D eigenvalue weighted by atomic mass is 9.80. The molecule has 4 heteroatoms. The molecule has 3 nitrogen and oxygen atoms in total. The van der Waals surface area contributed by atoms with Gasteiger partial charge in [0, 0.05) is 11.1 Å². The van der Waals surface area contributed by atoms with E-state index in [0.29, 0.717) is 6.61 Å². The summed E-state index contributed by atoms with van der Waals surface area (Å²) in [5.41, 5.74) is 4.92. The summed E-state index contributed by atoms with van der Waals surface area (Å²) in [6.45, 7) is 29.9. The third-order valence-electron chi connectivity index (χ3n) is 7.60. The lowest BCUT2D eigenvalue weighted by Gasteiger charge is -2.30. The standard InChI is InChI=1S/C37H61O3P/c1-14-15-16-17-18-19-20-25-38-41(39-32-23-21-28(34(2,3)4)26-30(32)36(8,9)10)40-33-24-22-29(35(5,6)7)27-31(33)37(11,12)13/h21-24,26-27H,14-20,25H2,1-13H3. The number of benzene rings is 2. The Labute approximate surface area is 255 Å². The summed E-state index contributed by atoms with van der Waals surface area (Å²) in [5.74, 6) is 1.69. The first-order valence-corrected chi connectivity index (χ1v) is 17.0. The van der Waals surface area contributed by atoms with Crippen molar-refractivity contribution < 1.29 is 13.6 Å². The van der Waals surface area contributed by atoms with Crippen molar-refractivity contribution in [3.63, 3.8) is 0 Å². The molecular formula is C37H61O3P. The fourth-order valence-electron chi connectivity index (χ4n) is 4.75.